The van der Waals surface area contributed by atoms with E-state index < -0.39 is 5.82 Å². The van der Waals surface area contributed by atoms with Crippen LogP contribution in [0.25, 0.3) is 16.9 Å². The van der Waals surface area contributed by atoms with Crippen molar-refractivity contribution in [2.24, 2.45) is 5.18 Å². The number of nitroso groups, excluding NO2 is 1. The highest BCUT2D eigenvalue weighted by atomic mass is 19.1. The normalized spacial score (nSPS) is 10.8. The molecular weight excluding hydrogens is 273 g/mol. The number of halogens is 1. The Kier molecular flexibility index (Phi) is 3.13. The molecule has 3 rings (SSSR count). The van der Waals surface area contributed by atoms with Crippen LogP contribution in [0.4, 0.5) is 10.2 Å². The average molecular weight is 285 g/mol. The molecular formula is C15H12FN3O2. The second-order valence-electron chi connectivity index (χ2n) is 4.61. The van der Waals surface area contributed by atoms with Crippen molar-refractivity contribution in [1.82, 2.24) is 9.38 Å². The van der Waals surface area contributed by atoms with Crippen LogP contribution in [0.3, 0.4) is 0 Å². The molecule has 106 valence electrons. The molecule has 0 saturated heterocycles. The van der Waals surface area contributed by atoms with Crippen molar-refractivity contribution < 1.29 is 9.13 Å². The second-order valence-corrected chi connectivity index (χ2v) is 4.61. The van der Waals surface area contributed by atoms with Gasteiger partial charge in [0, 0.05) is 11.8 Å². The molecule has 2 heterocycles. The molecule has 0 radical (unpaired) electrons. The fourth-order valence-electron chi connectivity index (χ4n) is 2.29. The molecule has 6 heteroatoms. The van der Waals surface area contributed by atoms with E-state index in [0.29, 0.717) is 16.9 Å². The van der Waals surface area contributed by atoms with E-state index in [1.165, 1.54) is 19.2 Å². The van der Waals surface area contributed by atoms with E-state index in [0.717, 1.165) is 5.56 Å². The Hall–Kier alpha value is -2.76. The van der Waals surface area contributed by atoms with Gasteiger partial charge in [-0.3, -0.25) is 4.40 Å². The Morgan fingerprint density at radius 1 is 1.33 bits per heavy atom. The first kappa shape index (κ1) is 13.2. The van der Waals surface area contributed by atoms with Gasteiger partial charge in [-0.1, -0.05) is 6.07 Å². The van der Waals surface area contributed by atoms with E-state index in [-0.39, 0.29) is 11.6 Å². The van der Waals surface area contributed by atoms with Gasteiger partial charge in [0.05, 0.1) is 7.11 Å². The number of nitrogens with zero attached hydrogens (tertiary/aromatic N) is 3. The quantitative estimate of drug-likeness (QED) is 0.687. The zero-order valence-electron chi connectivity index (χ0n) is 11.5. The average Bonchev–Trinajstić information content (AvgIpc) is 2.87. The van der Waals surface area contributed by atoms with Crippen molar-refractivity contribution in [3.63, 3.8) is 0 Å². The van der Waals surface area contributed by atoms with Gasteiger partial charge >= 0.3 is 0 Å². The van der Waals surface area contributed by atoms with Crippen LogP contribution in [-0.2, 0) is 0 Å². The van der Waals surface area contributed by atoms with E-state index >= 15 is 0 Å². The molecule has 0 N–H and O–H groups in total. The number of imidazole rings is 1. The summed E-state index contributed by atoms with van der Waals surface area (Å²) in [6, 6.07) is 8.11. The van der Waals surface area contributed by atoms with Crippen LogP contribution in [0.15, 0.2) is 41.7 Å². The molecule has 0 aliphatic rings. The van der Waals surface area contributed by atoms with Crippen molar-refractivity contribution in [2.75, 3.05) is 7.11 Å². The molecule has 2 aromatic heterocycles. The number of hydrogen-bond donors (Lipinski definition) is 0. The molecule has 0 fully saturated rings. The minimum atomic E-state index is -0.513. The lowest BCUT2D eigenvalue weighted by atomic mass is 10.1. The monoisotopic (exact) mass is 285 g/mol. The summed E-state index contributed by atoms with van der Waals surface area (Å²) >= 11 is 0. The van der Waals surface area contributed by atoms with E-state index in [4.69, 9.17) is 4.74 Å². The number of fused-ring (bicyclic) bond motifs is 1. The smallest absolute Gasteiger partial charge is 0.209 e. The van der Waals surface area contributed by atoms with Crippen LogP contribution in [0.1, 0.15) is 5.56 Å². The molecule has 0 aliphatic heterocycles. The molecule has 1 aromatic carbocycles. The maximum Gasteiger partial charge on any atom is 0.209 e. The summed E-state index contributed by atoms with van der Waals surface area (Å²) in [5, 5.41) is 3.05. The van der Waals surface area contributed by atoms with Crippen LogP contribution < -0.4 is 4.74 Å². The summed E-state index contributed by atoms with van der Waals surface area (Å²) in [4.78, 5) is 15.6. The predicted octanol–water partition coefficient (Wildman–Crippen LogP) is 3.86. The maximum absolute atomic E-state index is 13.8. The van der Waals surface area contributed by atoms with E-state index in [1.54, 1.807) is 22.7 Å². The number of aromatic nitrogens is 2. The van der Waals surface area contributed by atoms with Crippen molar-refractivity contribution in [1.29, 1.82) is 0 Å². The van der Waals surface area contributed by atoms with E-state index in [2.05, 4.69) is 10.2 Å². The Morgan fingerprint density at radius 3 is 2.81 bits per heavy atom. The highest BCUT2D eigenvalue weighted by Crippen LogP contribution is 2.33. The lowest BCUT2D eigenvalue weighted by molar-refractivity contribution is 0.386. The SMILES string of the molecule is COc1ccc(-c2nc3c(C)cccn3c2N=O)cc1F. The van der Waals surface area contributed by atoms with E-state index in [1.807, 2.05) is 13.0 Å². The van der Waals surface area contributed by atoms with Gasteiger partial charge < -0.3 is 4.74 Å². The van der Waals surface area contributed by atoms with Crippen LogP contribution in [0.2, 0.25) is 0 Å². The number of rotatable bonds is 3. The summed E-state index contributed by atoms with van der Waals surface area (Å²) < 4.78 is 20.3. The first-order valence-corrected chi connectivity index (χ1v) is 6.30. The summed E-state index contributed by atoms with van der Waals surface area (Å²) in [7, 11) is 1.39. The predicted molar refractivity (Wildman–Crippen MR) is 77.3 cm³/mol. The molecule has 0 unspecified atom stereocenters. The second kappa shape index (κ2) is 4.97. The molecule has 0 spiro atoms. The van der Waals surface area contributed by atoms with Crippen molar-refractivity contribution in [2.45, 2.75) is 6.92 Å². The minimum absolute atomic E-state index is 0.138. The molecule has 0 atom stereocenters. The number of aryl methyl sites for hydroxylation is 1. The summed E-state index contributed by atoms with van der Waals surface area (Å²) in [6.07, 6.45) is 1.70. The van der Waals surface area contributed by atoms with Gasteiger partial charge in [-0.05, 0) is 41.9 Å². The molecule has 21 heavy (non-hydrogen) atoms. The van der Waals surface area contributed by atoms with Crippen LogP contribution in [0, 0.1) is 17.6 Å². The number of hydrogen-bond acceptors (Lipinski definition) is 4. The Bertz CT molecular complexity index is 842. The van der Waals surface area contributed by atoms with Crippen LogP contribution in [0.5, 0.6) is 5.75 Å². The zero-order valence-corrected chi connectivity index (χ0v) is 11.5. The minimum Gasteiger partial charge on any atom is -0.494 e. The van der Waals surface area contributed by atoms with Crippen molar-refractivity contribution in [3.8, 4) is 17.0 Å². The lowest BCUT2D eigenvalue weighted by Crippen LogP contribution is -1.89. The van der Waals surface area contributed by atoms with Gasteiger partial charge in [0.25, 0.3) is 0 Å². The van der Waals surface area contributed by atoms with Gasteiger partial charge in [0.2, 0.25) is 5.82 Å². The summed E-state index contributed by atoms with van der Waals surface area (Å²) in [6.45, 7) is 1.88. The molecule has 3 aromatic rings. The Balaban J connectivity index is 2.27. The maximum atomic E-state index is 13.8. The third kappa shape index (κ3) is 2.05. The van der Waals surface area contributed by atoms with Gasteiger partial charge in [0.15, 0.2) is 11.6 Å². The summed E-state index contributed by atoms with van der Waals surface area (Å²) in [5.74, 6) is -0.224. The topological polar surface area (TPSA) is 56.0 Å². The highest BCUT2D eigenvalue weighted by Gasteiger charge is 2.17. The largest absolute Gasteiger partial charge is 0.494 e. The molecule has 0 amide bonds. The van der Waals surface area contributed by atoms with Crippen molar-refractivity contribution >= 4 is 11.5 Å². The number of pyridine rings is 1. The number of benzene rings is 1. The van der Waals surface area contributed by atoms with Crippen LogP contribution in [-0.4, -0.2) is 16.5 Å². The molecule has 0 aliphatic carbocycles. The fourth-order valence-corrected chi connectivity index (χ4v) is 2.29. The third-order valence-electron chi connectivity index (χ3n) is 3.33. The Morgan fingerprint density at radius 2 is 2.14 bits per heavy atom. The first-order valence-electron chi connectivity index (χ1n) is 6.30. The van der Waals surface area contributed by atoms with Gasteiger partial charge in [-0.25, -0.2) is 9.37 Å². The number of ether oxygens (including phenoxy) is 1. The lowest BCUT2D eigenvalue weighted by Gasteiger charge is -2.03. The van der Waals surface area contributed by atoms with Gasteiger partial charge in [-0.2, -0.15) is 0 Å². The van der Waals surface area contributed by atoms with E-state index in [9.17, 15) is 9.30 Å². The van der Waals surface area contributed by atoms with Crippen LogP contribution >= 0.6 is 0 Å². The highest BCUT2D eigenvalue weighted by molar-refractivity contribution is 5.75. The first-order chi connectivity index (χ1) is 10.2. The molecule has 0 bridgehead atoms. The standard InChI is InChI=1S/C15H12FN3O2/c1-9-4-3-7-19-14(9)17-13(15(19)18-20)10-5-6-12(21-2)11(16)8-10/h3-8H,1-2H3. The molecule has 0 saturated carbocycles. The van der Waals surface area contributed by atoms with Crippen molar-refractivity contribution in [3.05, 3.63) is 52.8 Å². The fraction of sp³-hybridized carbons (Fsp3) is 0.133. The zero-order chi connectivity index (χ0) is 15.0. The van der Waals surface area contributed by atoms with Gasteiger partial charge in [0.1, 0.15) is 11.3 Å². The summed E-state index contributed by atoms with van der Waals surface area (Å²) in [5.41, 5.74) is 2.35. The van der Waals surface area contributed by atoms with Gasteiger partial charge in [-0.15, -0.1) is 4.91 Å². The molecule has 5 nitrogen and oxygen atoms in total. The number of methoxy groups -OCH3 is 1. The third-order valence-corrected chi connectivity index (χ3v) is 3.33. The Labute approximate surface area is 120 Å².